The lowest BCUT2D eigenvalue weighted by molar-refractivity contribution is -0.145. The van der Waals surface area contributed by atoms with Crippen molar-refractivity contribution < 1.29 is 23.1 Å². The molecule has 10 heteroatoms. The number of hydrogen-bond acceptors (Lipinski definition) is 6. The van der Waals surface area contributed by atoms with Crippen molar-refractivity contribution in [2.24, 2.45) is 5.92 Å². The molecule has 0 radical (unpaired) electrons. The summed E-state index contributed by atoms with van der Waals surface area (Å²) < 4.78 is 25.8. The zero-order valence-corrected chi connectivity index (χ0v) is 18.1. The lowest BCUT2D eigenvalue weighted by Crippen LogP contribution is -2.53. The second kappa shape index (κ2) is 9.74. The monoisotopic (exact) mass is 438 g/mol. The summed E-state index contributed by atoms with van der Waals surface area (Å²) in [5.41, 5.74) is 2.29. The number of carbonyl (C=O) groups excluding carboxylic acids is 1. The van der Waals surface area contributed by atoms with Crippen molar-refractivity contribution in [1.29, 1.82) is 0 Å². The van der Waals surface area contributed by atoms with E-state index in [1.165, 1.54) is 5.56 Å². The summed E-state index contributed by atoms with van der Waals surface area (Å²) in [7, 11) is -3.71. The number of nitrogens with one attached hydrogen (secondary N) is 2. The van der Waals surface area contributed by atoms with Crippen molar-refractivity contribution in [1.82, 2.24) is 14.6 Å². The molecule has 0 bridgehead atoms. The van der Waals surface area contributed by atoms with Gasteiger partial charge in [-0.05, 0) is 49.7 Å². The van der Waals surface area contributed by atoms with Gasteiger partial charge in [0.1, 0.15) is 11.9 Å². The number of aryl methyl sites for hydroxylation is 2. The average Bonchev–Trinajstić information content (AvgIpc) is 2.65. The fraction of sp³-hybridized carbons (Fsp3) is 0.650. The maximum Gasteiger partial charge on any atom is 0.322 e. The molecule has 3 heterocycles. The van der Waals surface area contributed by atoms with E-state index in [4.69, 9.17) is 0 Å². The highest BCUT2D eigenvalue weighted by Gasteiger charge is 2.34. The van der Waals surface area contributed by atoms with Gasteiger partial charge in [0.2, 0.25) is 15.9 Å². The summed E-state index contributed by atoms with van der Waals surface area (Å²) in [6, 6.07) is 2.76. The van der Waals surface area contributed by atoms with Gasteiger partial charge in [-0.2, -0.15) is 0 Å². The summed E-state index contributed by atoms with van der Waals surface area (Å²) >= 11 is 0. The van der Waals surface area contributed by atoms with Crippen molar-refractivity contribution in [3.05, 3.63) is 23.4 Å². The molecule has 2 aliphatic heterocycles. The van der Waals surface area contributed by atoms with Crippen LogP contribution in [0.4, 0.5) is 5.82 Å². The van der Waals surface area contributed by atoms with Gasteiger partial charge in [0, 0.05) is 25.3 Å². The summed E-state index contributed by atoms with van der Waals surface area (Å²) in [4.78, 5) is 30.0. The summed E-state index contributed by atoms with van der Waals surface area (Å²) in [5.74, 6) is -0.515. The van der Waals surface area contributed by atoms with Crippen LogP contribution in [0.15, 0.2) is 12.1 Å². The smallest absolute Gasteiger partial charge is 0.322 e. The molecule has 0 saturated carbocycles. The van der Waals surface area contributed by atoms with Gasteiger partial charge in [-0.25, -0.2) is 18.1 Å². The molecule has 2 aliphatic rings. The maximum absolute atomic E-state index is 12.4. The number of nitrogens with zero attached hydrogens (tertiary/aromatic N) is 2. The average molecular weight is 439 g/mol. The molecule has 1 amide bonds. The Morgan fingerprint density at radius 3 is 2.83 bits per heavy atom. The molecule has 1 aromatic rings. The number of amides is 1. The van der Waals surface area contributed by atoms with E-state index in [-0.39, 0.29) is 18.1 Å². The molecule has 1 saturated heterocycles. The number of aliphatic carboxylic acids is 1. The number of aromatic nitrogens is 1. The van der Waals surface area contributed by atoms with E-state index in [2.05, 4.69) is 27.2 Å². The van der Waals surface area contributed by atoms with Crippen LogP contribution in [-0.4, -0.2) is 66.7 Å². The quantitative estimate of drug-likeness (QED) is 0.497. The summed E-state index contributed by atoms with van der Waals surface area (Å²) in [5, 5.41) is 12.6. The molecule has 0 aromatic carbocycles. The normalized spacial score (nSPS) is 17.6. The zero-order chi connectivity index (χ0) is 21.7. The number of carbonyl (C=O) groups is 2. The Morgan fingerprint density at radius 2 is 2.13 bits per heavy atom. The fourth-order valence-electron chi connectivity index (χ4n) is 3.84. The van der Waals surface area contributed by atoms with Crippen LogP contribution in [0.5, 0.6) is 0 Å². The highest BCUT2D eigenvalue weighted by Crippen LogP contribution is 2.24. The Labute approximate surface area is 177 Å². The Morgan fingerprint density at radius 1 is 1.37 bits per heavy atom. The van der Waals surface area contributed by atoms with Crippen molar-refractivity contribution in [2.75, 3.05) is 30.7 Å². The van der Waals surface area contributed by atoms with E-state index < -0.39 is 22.0 Å². The summed E-state index contributed by atoms with van der Waals surface area (Å²) in [6.07, 6.45) is 3.92. The predicted octanol–water partition coefficient (Wildman–Crippen LogP) is 1.00. The van der Waals surface area contributed by atoms with Gasteiger partial charge in [-0.3, -0.25) is 9.59 Å². The molecule has 1 fully saturated rings. The Hall–Kier alpha value is -2.20. The Bertz CT molecular complexity index is 883. The van der Waals surface area contributed by atoms with Crippen molar-refractivity contribution in [3.63, 3.8) is 0 Å². The minimum Gasteiger partial charge on any atom is -0.480 e. The number of pyridine rings is 1. The van der Waals surface area contributed by atoms with Crippen LogP contribution < -0.4 is 10.0 Å². The third-order valence-corrected chi connectivity index (χ3v) is 7.13. The molecule has 0 unspecified atom stereocenters. The number of carboxylic acid groups (broad SMARTS) is 1. The second-order valence-corrected chi connectivity index (χ2v) is 9.95. The van der Waals surface area contributed by atoms with Gasteiger partial charge in [-0.15, -0.1) is 0 Å². The molecule has 0 aliphatic carbocycles. The molecule has 3 rings (SSSR count). The van der Waals surface area contributed by atoms with Crippen LogP contribution >= 0.6 is 0 Å². The van der Waals surface area contributed by atoms with E-state index in [1.807, 2.05) is 0 Å². The third kappa shape index (κ3) is 5.91. The van der Waals surface area contributed by atoms with Gasteiger partial charge in [-0.1, -0.05) is 13.0 Å². The molecular weight excluding hydrogens is 408 g/mol. The van der Waals surface area contributed by atoms with Crippen molar-refractivity contribution in [2.45, 2.75) is 51.5 Å². The minimum atomic E-state index is -3.71. The molecule has 30 heavy (non-hydrogen) atoms. The van der Waals surface area contributed by atoms with Gasteiger partial charge in [0.15, 0.2) is 0 Å². The third-order valence-electron chi connectivity index (χ3n) is 5.54. The van der Waals surface area contributed by atoms with Gasteiger partial charge in [0.25, 0.3) is 0 Å². The first-order valence-corrected chi connectivity index (χ1v) is 12.2. The number of fused-ring (bicyclic) bond motifs is 1. The van der Waals surface area contributed by atoms with Crippen LogP contribution in [-0.2, 0) is 32.5 Å². The number of rotatable bonds is 10. The molecule has 9 nitrogen and oxygen atoms in total. The highest BCUT2D eigenvalue weighted by atomic mass is 32.2. The largest absolute Gasteiger partial charge is 0.480 e. The second-order valence-electron chi connectivity index (χ2n) is 8.08. The highest BCUT2D eigenvalue weighted by molar-refractivity contribution is 7.89. The number of hydrogen-bond donors (Lipinski definition) is 3. The maximum atomic E-state index is 12.4. The first kappa shape index (κ1) is 22.5. The molecule has 0 spiro atoms. The summed E-state index contributed by atoms with van der Waals surface area (Å²) in [6.45, 7) is 3.78. The van der Waals surface area contributed by atoms with E-state index in [9.17, 15) is 23.1 Å². The molecular formula is C20H30N4O5S. The molecule has 3 N–H and O–H groups in total. The van der Waals surface area contributed by atoms with E-state index >= 15 is 0 Å². The Kier molecular flexibility index (Phi) is 7.30. The number of sulfonamides is 1. The van der Waals surface area contributed by atoms with Crippen molar-refractivity contribution in [3.8, 4) is 0 Å². The van der Waals surface area contributed by atoms with E-state index in [0.29, 0.717) is 25.4 Å². The first-order chi connectivity index (χ1) is 14.3. The molecule has 1 atom stereocenters. The van der Waals surface area contributed by atoms with E-state index in [1.54, 1.807) is 11.8 Å². The molecule has 166 valence electrons. The zero-order valence-electron chi connectivity index (χ0n) is 17.3. The van der Waals surface area contributed by atoms with E-state index in [0.717, 1.165) is 43.7 Å². The number of likely N-dealkylation sites (tertiary alicyclic amines) is 1. The minimum absolute atomic E-state index is 0.164. The van der Waals surface area contributed by atoms with Crippen LogP contribution in [0.25, 0.3) is 0 Å². The standard InChI is InChI=1S/C20H30N4O5S/c1-2-10-30(28,29)23-17(20(26)27)11-18(25)24-12-14(13-24)5-7-16-8-6-15-4-3-9-21-19(15)22-16/h6,8,14,17,23H,2-5,7,9-13H2,1H3,(H,21,22)(H,26,27)/t17-/m0/s1. The van der Waals surface area contributed by atoms with Gasteiger partial charge < -0.3 is 15.3 Å². The first-order valence-electron chi connectivity index (χ1n) is 10.5. The topological polar surface area (TPSA) is 129 Å². The van der Waals surface area contributed by atoms with Gasteiger partial charge in [0.05, 0.1) is 12.2 Å². The van der Waals surface area contributed by atoms with Gasteiger partial charge >= 0.3 is 5.97 Å². The lowest BCUT2D eigenvalue weighted by Gasteiger charge is -2.40. The lowest BCUT2D eigenvalue weighted by atomic mass is 9.93. The van der Waals surface area contributed by atoms with Crippen LogP contribution in [0.3, 0.4) is 0 Å². The number of carboxylic acids is 1. The molecule has 1 aromatic heterocycles. The predicted molar refractivity (Wildman–Crippen MR) is 113 cm³/mol. The van der Waals surface area contributed by atoms with Crippen LogP contribution in [0.2, 0.25) is 0 Å². The van der Waals surface area contributed by atoms with Crippen LogP contribution in [0, 0.1) is 5.92 Å². The van der Waals surface area contributed by atoms with Crippen LogP contribution in [0.1, 0.15) is 43.9 Å². The fourth-order valence-corrected chi connectivity index (χ4v) is 5.12. The Balaban J connectivity index is 1.44. The SMILES string of the molecule is CCCS(=O)(=O)N[C@@H](CC(=O)N1CC(CCc2ccc3c(n2)NCCC3)C1)C(=O)O. The van der Waals surface area contributed by atoms with Crippen molar-refractivity contribution >= 4 is 27.7 Å². The number of anilines is 1.